The molecule has 0 aromatic heterocycles. The van der Waals surface area contributed by atoms with Crippen molar-refractivity contribution in [3.05, 3.63) is 39.9 Å². The molecular weight excluding hydrogens is 380 g/mol. The first-order valence-electron chi connectivity index (χ1n) is 7.61. The largest absolute Gasteiger partial charge is 0.460 e. The van der Waals surface area contributed by atoms with Gasteiger partial charge in [0.2, 0.25) is 17.7 Å². The molecule has 0 radical (unpaired) electrons. The maximum absolute atomic E-state index is 11.6. The van der Waals surface area contributed by atoms with Crippen LogP contribution in [0, 0.1) is 10.1 Å². The van der Waals surface area contributed by atoms with E-state index in [1.54, 1.807) is 0 Å². The third-order valence-corrected chi connectivity index (χ3v) is 3.30. The lowest BCUT2D eigenvalue weighted by Crippen LogP contribution is -2.43. The Kier molecular flexibility index (Phi) is 9.29. The lowest BCUT2D eigenvalue weighted by Gasteiger charge is -2.08. The Morgan fingerprint density at radius 1 is 0.926 bits per heavy atom. The van der Waals surface area contributed by atoms with Crippen molar-refractivity contribution >= 4 is 42.0 Å². The van der Waals surface area contributed by atoms with Gasteiger partial charge < -0.3 is 20.7 Å². The van der Waals surface area contributed by atoms with Crippen LogP contribution in [0.25, 0.3) is 0 Å². The minimum atomic E-state index is -0.714. The van der Waals surface area contributed by atoms with Crippen LogP contribution < -0.4 is 16.0 Å². The Labute approximate surface area is 159 Å². The maximum Gasteiger partial charge on any atom is 0.325 e. The van der Waals surface area contributed by atoms with Crippen LogP contribution >= 0.6 is 12.6 Å². The highest BCUT2D eigenvalue weighted by molar-refractivity contribution is 7.81. The summed E-state index contributed by atoms with van der Waals surface area (Å²) < 4.78 is 4.92. The fraction of sp³-hybridized carbons (Fsp3) is 0.333. The number of non-ortho nitro benzene ring substituents is 1. The van der Waals surface area contributed by atoms with Crippen molar-refractivity contribution < 1.29 is 28.8 Å². The molecule has 0 aliphatic carbocycles. The molecule has 1 aromatic carbocycles. The summed E-state index contributed by atoms with van der Waals surface area (Å²) in [6.07, 6.45) is 0. The van der Waals surface area contributed by atoms with Gasteiger partial charge in [-0.05, 0) is 17.7 Å². The van der Waals surface area contributed by atoms with Crippen LogP contribution in [0.2, 0.25) is 0 Å². The summed E-state index contributed by atoms with van der Waals surface area (Å²) in [7, 11) is 0. The molecule has 12 heteroatoms. The number of thiol groups is 1. The van der Waals surface area contributed by atoms with Gasteiger partial charge in [-0.25, -0.2) is 0 Å². The summed E-state index contributed by atoms with van der Waals surface area (Å²) >= 11 is 3.72. The second kappa shape index (κ2) is 11.5. The zero-order chi connectivity index (χ0) is 20.2. The predicted molar refractivity (Wildman–Crippen MR) is 95.8 cm³/mol. The molecule has 3 N–H and O–H groups in total. The van der Waals surface area contributed by atoms with E-state index in [1.807, 2.05) is 0 Å². The van der Waals surface area contributed by atoms with Crippen molar-refractivity contribution in [3.8, 4) is 0 Å². The number of benzene rings is 1. The fourth-order valence-corrected chi connectivity index (χ4v) is 1.75. The Morgan fingerprint density at radius 3 is 1.96 bits per heavy atom. The number of nitro groups is 1. The average Bonchev–Trinajstić information content (AvgIpc) is 2.67. The van der Waals surface area contributed by atoms with E-state index in [4.69, 9.17) is 4.74 Å². The minimum absolute atomic E-state index is 0.0598. The third-order valence-electron chi connectivity index (χ3n) is 3.01. The number of rotatable bonds is 10. The van der Waals surface area contributed by atoms with Gasteiger partial charge in [0.25, 0.3) is 5.69 Å². The number of hydrogen-bond acceptors (Lipinski definition) is 8. The zero-order valence-electron chi connectivity index (χ0n) is 14.1. The number of esters is 1. The fourth-order valence-electron chi connectivity index (χ4n) is 1.64. The second-order valence-electron chi connectivity index (χ2n) is 5.07. The van der Waals surface area contributed by atoms with Gasteiger partial charge in [-0.1, -0.05) is 0 Å². The van der Waals surface area contributed by atoms with Crippen molar-refractivity contribution in [2.24, 2.45) is 0 Å². The smallest absolute Gasteiger partial charge is 0.325 e. The van der Waals surface area contributed by atoms with Crippen molar-refractivity contribution in [1.29, 1.82) is 0 Å². The van der Waals surface area contributed by atoms with Gasteiger partial charge in [0, 0.05) is 12.1 Å². The van der Waals surface area contributed by atoms with Crippen LogP contribution in [-0.2, 0) is 30.5 Å². The van der Waals surface area contributed by atoms with Crippen molar-refractivity contribution in [1.82, 2.24) is 16.0 Å². The van der Waals surface area contributed by atoms with Gasteiger partial charge in [-0.2, -0.15) is 12.6 Å². The van der Waals surface area contributed by atoms with E-state index in [9.17, 15) is 29.3 Å². The standard InChI is InChI=1S/C15H18N4O7S/c20-12(6-17-14(22)9-27)16-5-13(21)18-7-15(23)26-8-10-1-3-11(4-2-10)19(24)25/h1-4,27H,5-9H2,(H,16,20)(H,17,22)(H,18,21). The Bertz CT molecular complexity index is 709. The third kappa shape index (κ3) is 9.21. The molecule has 0 saturated carbocycles. The molecule has 0 unspecified atom stereocenters. The van der Waals surface area contributed by atoms with E-state index in [0.29, 0.717) is 5.56 Å². The summed E-state index contributed by atoms with van der Waals surface area (Å²) in [6.45, 7) is -1.17. The first kappa shape index (κ1) is 21.9. The van der Waals surface area contributed by atoms with Gasteiger partial charge >= 0.3 is 5.97 Å². The summed E-state index contributed by atoms with van der Waals surface area (Å²) in [5.41, 5.74) is 0.473. The molecule has 0 aliphatic heterocycles. The van der Waals surface area contributed by atoms with Gasteiger partial charge in [0.05, 0.1) is 23.8 Å². The summed E-state index contributed by atoms with van der Waals surface area (Å²) in [4.78, 5) is 55.4. The second-order valence-corrected chi connectivity index (χ2v) is 5.39. The molecule has 0 heterocycles. The lowest BCUT2D eigenvalue weighted by molar-refractivity contribution is -0.384. The quantitative estimate of drug-likeness (QED) is 0.169. The van der Waals surface area contributed by atoms with E-state index in [1.165, 1.54) is 24.3 Å². The van der Waals surface area contributed by atoms with Crippen LogP contribution in [0.4, 0.5) is 5.69 Å². The molecule has 11 nitrogen and oxygen atoms in total. The van der Waals surface area contributed by atoms with Crippen molar-refractivity contribution in [3.63, 3.8) is 0 Å². The molecule has 3 amide bonds. The van der Waals surface area contributed by atoms with Crippen molar-refractivity contribution in [2.45, 2.75) is 6.61 Å². The first-order valence-corrected chi connectivity index (χ1v) is 8.25. The molecular formula is C15H18N4O7S. The Morgan fingerprint density at radius 2 is 1.44 bits per heavy atom. The number of carbonyl (C=O) groups is 4. The van der Waals surface area contributed by atoms with E-state index in [2.05, 4.69) is 28.6 Å². The lowest BCUT2D eigenvalue weighted by atomic mass is 10.2. The van der Waals surface area contributed by atoms with Crippen LogP contribution in [0.5, 0.6) is 0 Å². The molecule has 0 saturated heterocycles. The molecule has 146 valence electrons. The van der Waals surface area contributed by atoms with E-state index < -0.39 is 35.2 Å². The van der Waals surface area contributed by atoms with Gasteiger partial charge in [-0.3, -0.25) is 29.3 Å². The zero-order valence-corrected chi connectivity index (χ0v) is 15.0. The minimum Gasteiger partial charge on any atom is -0.460 e. The molecule has 0 fully saturated rings. The number of nitrogens with zero attached hydrogens (tertiary/aromatic N) is 1. The van der Waals surface area contributed by atoms with Crippen LogP contribution in [0.1, 0.15) is 5.56 Å². The first-order chi connectivity index (χ1) is 12.8. The molecule has 0 atom stereocenters. The summed E-state index contributed by atoms with van der Waals surface area (Å²) in [5.74, 6) is -2.38. The van der Waals surface area contributed by atoms with E-state index in [-0.39, 0.29) is 31.1 Å². The SMILES string of the molecule is O=C(CS)NCC(=O)NCC(=O)NCC(=O)OCc1ccc([N+](=O)[O-])cc1. The summed E-state index contributed by atoms with van der Waals surface area (Å²) in [6, 6.07) is 5.47. The highest BCUT2D eigenvalue weighted by Gasteiger charge is 2.10. The normalized spacial score (nSPS) is 9.81. The Hall–Kier alpha value is -3.15. The molecule has 1 rings (SSSR count). The van der Waals surface area contributed by atoms with E-state index in [0.717, 1.165) is 0 Å². The highest BCUT2D eigenvalue weighted by Crippen LogP contribution is 2.12. The Balaban J connectivity index is 2.21. The van der Waals surface area contributed by atoms with Crippen LogP contribution in [-0.4, -0.2) is 54.0 Å². The molecule has 0 spiro atoms. The number of carbonyl (C=O) groups excluding carboxylic acids is 4. The number of hydrogen-bond donors (Lipinski definition) is 4. The molecule has 0 bridgehead atoms. The van der Waals surface area contributed by atoms with Gasteiger partial charge in [-0.15, -0.1) is 0 Å². The number of ether oxygens (including phenoxy) is 1. The summed E-state index contributed by atoms with van der Waals surface area (Å²) in [5, 5.41) is 17.3. The number of nitrogens with one attached hydrogen (secondary N) is 3. The van der Waals surface area contributed by atoms with Crippen LogP contribution in [0.15, 0.2) is 24.3 Å². The number of amides is 3. The average molecular weight is 398 g/mol. The molecule has 27 heavy (non-hydrogen) atoms. The molecule has 1 aromatic rings. The maximum atomic E-state index is 11.6. The van der Waals surface area contributed by atoms with Crippen molar-refractivity contribution in [2.75, 3.05) is 25.4 Å². The highest BCUT2D eigenvalue weighted by atomic mass is 32.1. The monoisotopic (exact) mass is 398 g/mol. The predicted octanol–water partition coefficient (Wildman–Crippen LogP) is -1.08. The number of nitro benzene ring substituents is 1. The molecule has 0 aliphatic rings. The topological polar surface area (TPSA) is 157 Å². The van der Waals surface area contributed by atoms with Gasteiger partial charge in [0.15, 0.2) is 0 Å². The van der Waals surface area contributed by atoms with E-state index >= 15 is 0 Å². The van der Waals surface area contributed by atoms with Gasteiger partial charge in [0.1, 0.15) is 13.2 Å². The van der Waals surface area contributed by atoms with Crippen LogP contribution in [0.3, 0.4) is 0 Å².